The lowest BCUT2D eigenvalue weighted by molar-refractivity contribution is -0.131. The number of piperazine rings is 1. The Morgan fingerprint density at radius 3 is 2.80 bits per heavy atom. The van der Waals surface area contributed by atoms with Crippen LogP contribution in [0.1, 0.15) is 64.7 Å². The fraction of sp³-hybridized carbons (Fsp3) is 0.913. The van der Waals surface area contributed by atoms with Crippen molar-refractivity contribution in [2.75, 3.05) is 19.6 Å². The van der Waals surface area contributed by atoms with Crippen molar-refractivity contribution in [2.24, 2.45) is 11.8 Å². The molecular formula is C23H37FN4O2. The van der Waals surface area contributed by atoms with Gasteiger partial charge in [0.2, 0.25) is 11.8 Å². The lowest BCUT2D eigenvalue weighted by Gasteiger charge is -2.44. The van der Waals surface area contributed by atoms with E-state index in [0.29, 0.717) is 43.2 Å². The quantitative estimate of drug-likeness (QED) is 0.731. The maximum atomic E-state index is 14.4. The largest absolute Gasteiger partial charge is 0.352 e. The average molecular weight is 421 g/mol. The average Bonchev–Trinajstić information content (AvgIpc) is 3.36. The van der Waals surface area contributed by atoms with Crippen LogP contribution in [-0.4, -0.2) is 77.6 Å². The van der Waals surface area contributed by atoms with Gasteiger partial charge in [-0.15, -0.1) is 0 Å². The summed E-state index contributed by atoms with van der Waals surface area (Å²) in [5.74, 6) is 0.831. The Morgan fingerprint density at radius 2 is 1.97 bits per heavy atom. The van der Waals surface area contributed by atoms with Crippen LogP contribution in [0.5, 0.6) is 0 Å². The molecule has 0 aromatic heterocycles. The van der Waals surface area contributed by atoms with Gasteiger partial charge in [-0.3, -0.25) is 14.5 Å². The fourth-order valence-corrected chi connectivity index (χ4v) is 6.95. The van der Waals surface area contributed by atoms with E-state index in [4.69, 9.17) is 0 Å². The maximum absolute atomic E-state index is 14.4. The summed E-state index contributed by atoms with van der Waals surface area (Å²) in [6.07, 6.45) is 7.46. The molecule has 5 unspecified atom stereocenters. The molecular weight excluding hydrogens is 383 g/mol. The van der Waals surface area contributed by atoms with E-state index in [0.717, 1.165) is 51.7 Å². The van der Waals surface area contributed by atoms with Gasteiger partial charge in [0.1, 0.15) is 6.17 Å². The van der Waals surface area contributed by atoms with Gasteiger partial charge in [0.05, 0.1) is 6.04 Å². The highest BCUT2D eigenvalue weighted by Gasteiger charge is 2.46. The van der Waals surface area contributed by atoms with E-state index >= 15 is 0 Å². The first-order chi connectivity index (χ1) is 14.5. The summed E-state index contributed by atoms with van der Waals surface area (Å²) in [7, 11) is 0. The van der Waals surface area contributed by atoms with Gasteiger partial charge < -0.3 is 15.5 Å². The van der Waals surface area contributed by atoms with Gasteiger partial charge >= 0.3 is 0 Å². The number of nitrogens with zero attached hydrogens (tertiary/aromatic N) is 2. The molecule has 30 heavy (non-hydrogen) atoms. The number of fused-ring (bicyclic) bond motifs is 2. The number of hydrogen-bond donors (Lipinski definition) is 2. The number of alkyl halides is 1. The predicted molar refractivity (Wildman–Crippen MR) is 113 cm³/mol. The van der Waals surface area contributed by atoms with E-state index in [1.807, 2.05) is 0 Å². The second kappa shape index (κ2) is 8.38. The zero-order valence-electron chi connectivity index (χ0n) is 18.2. The van der Waals surface area contributed by atoms with Crippen LogP contribution in [0.2, 0.25) is 0 Å². The molecule has 5 fully saturated rings. The van der Waals surface area contributed by atoms with Gasteiger partial charge in [-0.25, -0.2) is 4.39 Å². The molecule has 8 atom stereocenters. The number of nitrogens with one attached hydrogen (secondary N) is 2. The molecule has 3 saturated heterocycles. The molecule has 5 aliphatic rings. The zero-order chi connectivity index (χ0) is 20.8. The van der Waals surface area contributed by atoms with Crippen LogP contribution in [0, 0.1) is 11.8 Å². The Hall–Kier alpha value is -1.21. The third-order valence-electron chi connectivity index (χ3n) is 8.69. The Balaban J connectivity index is 1.14. The topological polar surface area (TPSA) is 64.7 Å². The first kappa shape index (κ1) is 20.7. The molecule has 7 heteroatoms. The molecule has 2 amide bonds. The Morgan fingerprint density at radius 1 is 1.10 bits per heavy atom. The van der Waals surface area contributed by atoms with Gasteiger partial charge in [0.25, 0.3) is 0 Å². The van der Waals surface area contributed by atoms with Crippen molar-refractivity contribution in [3.8, 4) is 0 Å². The lowest BCUT2D eigenvalue weighted by atomic mass is 9.77. The smallest absolute Gasteiger partial charge is 0.237 e. The van der Waals surface area contributed by atoms with Gasteiger partial charge in [-0.05, 0) is 57.3 Å². The van der Waals surface area contributed by atoms with E-state index in [9.17, 15) is 14.0 Å². The number of amides is 2. The summed E-state index contributed by atoms with van der Waals surface area (Å²) < 4.78 is 14.4. The van der Waals surface area contributed by atoms with Crippen molar-refractivity contribution in [2.45, 2.75) is 101 Å². The molecule has 5 rings (SSSR count). The molecule has 2 saturated carbocycles. The first-order valence-corrected chi connectivity index (χ1v) is 12.2. The number of rotatable bonds is 3. The van der Waals surface area contributed by atoms with Gasteiger partial charge in [0.15, 0.2) is 0 Å². The number of carbonyl (C=O) groups is 2. The van der Waals surface area contributed by atoms with Crippen LogP contribution in [0.15, 0.2) is 0 Å². The van der Waals surface area contributed by atoms with Crippen molar-refractivity contribution in [1.29, 1.82) is 0 Å². The Kier molecular flexibility index (Phi) is 5.78. The van der Waals surface area contributed by atoms with Crippen molar-refractivity contribution >= 4 is 11.8 Å². The second-order valence-corrected chi connectivity index (χ2v) is 10.5. The molecule has 2 aliphatic carbocycles. The number of carbonyl (C=O) groups excluding carboxylic acids is 2. The SMILES string of the molecule is CC1CCC(F)C2CC(C(=O)N[C@@H]3CCC[C@H](N4CCN5C(=O)CC[C@@H]5C4)C3)NC12. The standard InChI is InChI=1S/C23H37FN4O2/c1-14-5-7-19(24)18-12-20(26-22(14)18)23(30)25-15-3-2-4-16(11-15)27-9-10-28-17(13-27)6-8-21(28)29/h14-20,22,26H,2-13H2,1H3,(H,25,30)/t14?,15-,16+,17-,18?,19?,20?,22?/m1/s1. The molecule has 2 N–H and O–H groups in total. The number of halogens is 1. The minimum atomic E-state index is -0.767. The maximum Gasteiger partial charge on any atom is 0.237 e. The summed E-state index contributed by atoms with van der Waals surface area (Å²) in [5.41, 5.74) is 0. The monoisotopic (exact) mass is 420 g/mol. The molecule has 0 aromatic carbocycles. The van der Waals surface area contributed by atoms with E-state index in [-0.39, 0.29) is 30.0 Å². The highest BCUT2D eigenvalue weighted by Crippen LogP contribution is 2.38. The fourth-order valence-electron chi connectivity index (χ4n) is 6.95. The van der Waals surface area contributed by atoms with Crippen LogP contribution in [0.4, 0.5) is 4.39 Å². The molecule has 0 spiro atoms. The first-order valence-electron chi connectivity index (χ1n) is 12.2. The Labute approximate surface area is 179 Å². The predicted octanol–water partition coefficient (Wildman–Crippen LogP) is 1.84. The van der Waals surface area contributed by atoms with E-state index in [2.05, 4.69) is 27.4 Å². The van der Waals surface area contributed by atoms with Crippen molar-refractivity contribution in [1.82, 2.24) is 20.4 Å². The summed E-state index contributed by atoms with van der Waals surface area (Å²) >= 11 is 0. The van der Waals surface area contributed by atoms with E-state index in [1.165, 1.54) is 6.42 Å². The van der Waals surface area contributed by atoms with Gasteiger partial charge in [-0.1, -0.05) is 6.92 Å². The highest BCUT2D eigenvalue weighted by molar-refractivity contribution is 5.82. The second-order valence-electron chi connectivity index (χ2n) is 10.5. The summed E-state index contributed by atoms with van der Waals surface area (Å²) in [5, 5.41) is 6.77. The zero-order valence-corrected chi connectivity index (χ0v) is 18.2. The van der Waals surface area contributed by atoms with Crippen molar-refractivity contribution in [3.05, 3.63) is 0 Å². The van der Waals surface area contributed by atoms with Gasteiger partial charge in [-0.2, -0.15) is 0 Å². The van der Waals surface area contributed by atoms with Crippen LogP contribution in [0.25, 0.3) is 0 Å². The minimum absolute atomic E-state index is 0.00554. The molecule has 0 aromatic rings. The van der Waals surface area contributed by atoms with Crippen molar-refractivity contribution in [3.63, 3.8) is 0 Å². The lowest BCUT2D eigenvalue weighted by Crippen LogP contribution is -2.57. The summed E-state index contributed by atoms with van der Waals surface area (Å²) in [4.78, 5) is 29.6. The third kappa shape index (κ3) is 3.88. The van der Waals surface area contributed by atoms with Crippen LogP contribution in [0.3, 0.4) is 0 Å². The van der Waals surface area contributed by atoms with Crippen LogP contribution < -0.4 is 10.6 Å². The molecule has 3 heterocycles. The van der Waals surface area contributed by atoms with E-state index in [1.54, 1.807) is 0 Å². The van der Waals surface area contributed by atoms with Gasteiger partial charge in [0, 0.05) is 56.1 Å². The molecule has 0 bridgehead atoms. The number of hydrogen-bond acceptors (Lipinski definition) is 4. The summed E-state index contributed by atoms with van der Waals surface area (Å²) in [6.45, 7) is 4.98. The summed E-state index contributed by atoms with van der Waals surface area (Å²) in [6, 6.07) is 1.00. The molecule has 0 radical (unpaired) electrons. The molecule has 168 valence electrons. The van der Waals surface area contributed by atoms with E-state index < -0.39 is 6.17 Å². The highest BCUT2D eigenvalue weighted by atomic mass is 19.1. The van der Waals surface area contributed by atoms with Crippen LogP contribution >= 0.6 is 0 Å². The third-order valence-corrected chi connectivity index (χ3v) is 8.69. The van der Waals surface area contributed by atoms with Crippen LogP contribution in [-0.2, 0) is 9.59 Å². The molecule has 3 aliphatic heterocycles. The van der Waals surface area contributed by atoms with Crippen molar-refractivity contribution < 1.29 is 14.0 Å². The molecule has 6 nitrogen and oxygen atoms in total. The Bertz CT molecular complexity index is 658. The minimum Gasteiger partial charge on any atom is -0.352 e. The normalized spacial score (nSPS) is 44.6.